The van der Waals surface area contributed by atoms with Crippen molar-refractivity contribution in [2.24, 2.45) is 16.8 Å². The van der Waals surface area contributed by atoms with Crippen LogP contribution in [-0.4, -0.2) is 43.1 Å². The molecule has 4 aliphatic rings. The minimum Gasteiger partial charge on any atom is -0.312 e. The number of nitrogens with zero attached hydrogens (tertiary/aromatic N) is 2. The Morgan fingerprint density at radius 1 is 1.06 bits per heavy atom. The van der Waals surface area contributed by atoms with Gasteiger partial charge in [-0.2, -0.15) is 4.31 Å². The van der Waals surface area contributed by atoms with Gasteiger partial charge in [0.25, 0.3) is 5.91 Å². The summed E-state index contributed by atoms with van der Waals surface area (Å²) < 4.78 is 27.6. The molecule has 0 atom stereocenters. The van der Waals surface area contributed by atoms with Crippen LogP contribution in [0.2, 0.25) is 0 Å². The molecular formula is C28H39N3O3S. The van der Waals surface area contributed by atoms with Crippen LogP contribution in [0.4, 0.5) is 0 Å². The molecular weight excluding hydrogens is 458 g/mol. The van der Waals surface area contributed by atoms with E-state index >= 15 is 0 Å². The molecule has 1 spiro atoms. The normalized spacial score (nSPS) is 24.4. The van der Waals surface area contributed by atoms with E-state index in [1.807, 2.05) is 6.07 Å². The number of amides is 1. The van der Waals surface area contributed by atoms with E-state index in [0.29, 0.717) is 31.8 Å². The van der Waals surface area contributed by atoms with Gasteiger partial charge in [0, 0.05) is 24.4 Å². The fraction of sp³-hybridized carbons (Fsp3) is 0.643. The second-order valence-corrected chi connectivity index (χ2v) is 12.9. The molecule has 2 aliphatic heterocycles. The zero-order valence-corrected chi connectivity index (χ0v) is 21.8. The summed E-state index contributed by atoms with van der Waals surface area (Å²) in [4.78, 5) is 17.7. The van der Waals surface area contributed by atoms with Gasteiger partial charge in [0.1, 0.15) is 11.4 Å². The Bertz CT molecular complexity index is 1100. The number of hydrogen-bond donors (Lipinski definition) is 1. The highest BCUT2D eigenvalue weighted by Crippen LogP contribution is 2.35. The van der Waals surface area contributed by atoms with Crippen molar-refractivity contribution in [2.75, 3.05) is 13.1 Å². The molecule has 2 aliphatic carbocycles. The highest BCUT2D eigenvalue weighted by Gasteiger charge is 2.48. The summed E-state index contributed by atoms with van der Waals surface area (Å²) in [6.07, 6.45) is 14.9. The number of carbonyl (C=O) groups is 1. The number of amidine groups is 1. The maximum absolute atomic E-state index is 13.1. The maximum Gasteiger partial charge on any atom is 0.253 e. The van der Waals surface area contributed by atoms with Crippen LogP contribution in [0.3, 0.4) is 0 Å². The van der Waals surface area contributed by atoms with Crippen molar-refractivity contribution in [2.45, 2.75) is 89.5 Å². The fourth-order valence-electron chi connectivity index (χ4n) is 6.41. The van der Waals surface area contributed by atoms with Crippen molar-refractivity contribution < 1.29 is 13.2 Å². The van der Waals surface area contributed by atoms with Gasteiger partial charge >= 0.3 is 0 Å². The van der Waals surface area contributed by atoms with Gasteiger partial charge in [-0.25, -0.2) is 8.42 Å². The van der Waals surface area contributed by atoms with Gasteiger partial charge in [-0.15, -0.1) is 0 Å². The molecule has 0 radical (unpaired) electrons. The third kappa shape index (κ3) is 5.41. The summed E-state index contributed by atoms with van der Waals surface area (Å²) >= 11 is 0. The summed E-state index contributed by atoms with van der Waals surface area (Å²) in [7, 11) is -3.55. The molecule has 0 unspecified atom stereocenters. The van der Waals surface area contributed by atoms with Gasteiger partial charge in [0.05, 0.1) is 0 Å². The van der Waals surface area contributed by atoms with Crippen molar-refractivity contribution in [3.63, 3.8) is 0 Å². The van der Waals surface area contributed by atoms with Crippen LogP contribution in [0.5, 0.6) is 0 Å². The van der Waals surface area contributed by atoms with Crippen molar-refractivity contribution in [3.05, 3.63) is 40.3 Å². The van der Waals surface area contributed by atoms with Crippen LogP contribution in [0.25, 0.3) is 6.08 Å². The minimum absolute atomic E-state index is 0.0426. The van der Waals surface area contributed by atoms with Crippen LogP contribution in [-0.2, 0) is 21.2 Å². The number of rotatable bonds is 6. The Hall–Kier alpha value is -1.99. The molecule has 1 aromatic carbocycles. The van der Waals surface area contributed by atoms with Crippen LogP contribution in [0.1, 0.15) is 87.3 Å². The number of nitrogens with one attached hydrogen (secondary N) is 1. The zero-order chi connectivity index (χ0) is 24.5. The second kappa shape index (κ2) is 10.2. The van der Waals surface area contributed by atoms with Crippen LogP contribution in [0, 0.1) is 18.8 Å². The smallest absolute Gasteiger partial charge is 0.253 e. The predicted octanol–water partition coefficient (Wildman–Crippen LogP) is 4.97. The lowest BCUT2D eigenvalue weighted by Crippen LogP contribution is -2.50. The lowest BCUT2D eigenvalue weighted by molar-refractivity contribution is -0.124. The van der Waals surface area contributed by atoms with Crippen molar-refractivity contribution in [1.29, 1.82) is 0 Å². The van der Waals surface area contributed by atoms with Crippen LogP contribution < -0.4 is 5.32 Å². The Morgan fingerprint density at radius 3 is 2.43 bits per heavy atom. The summed E-state index contributed by atoms with van der Waals surface area (Å²) in [6.45, 7) is 2.69. The van der Waals surface area contributed by atoms with E-state index in [9.17, 15) is 13.2 Å². The SMILES string of the molecule is Cc1cc(CC2CCCC2)ccc1/C=C/S(=O)(=O)N1CCC2(CC1)N=C(C1CCCCC1)NC2=O. The highest BCUT2D eigenvalue weighted by molar-refractivity contribution is 7.92. The lowest BCUT2D eigenvalue weighted by Gasteiger charge is -2.34. The van der Waals surface area contributed by atoms with E-state index in [0.717, 1.165) is 42.1 Å². The molecule has 35 heavy (non-hydrogen) atoms. The van der Waals surface area contributed by atoms with E-state index in [4.69, 9.17) is 4.99 Å². The lowest BCUT2D eigenvalue weighted by atomic mass is 9.88. The first-order valence-corrected chi connectivity index (χ1v) is 15.0. The fourth-order valence-corrected chi connectivity index (χ4v) is 7.59. The molecule has 1 saturated heterocycles. The summed E-state index contributed by atoms with van der Waals surface area (Å²) in [5.41, 5.74) is 2.61. The second-order valence-electron chi connectivity index (χ2n) is 11.1. The Balaban J connectivity index is 1.21. The first-order chi connectivity index (χ1) is 16.8. The quantitative estimate of drug-likeness (QED) is 0.603. The predicted molar refractivity (Wildman–Crippen MR) is 140 cm³/mol. The van der Waals surface area contributed by atoms with Gasteiger partial charge in [-0.1, -0.05) is 63.1 Å². The average molecular weight is 498 g/mol. The Labute approximate surface area is 210 Å². The molecule has 6 nitrogen and oxygen atoms in total. The third-order valence-electron chi connectivity index (χ3n) is 8.65. The standard InChI is InChI=1S/C28H39N3O3S/c1-21-19-23(20-22-7-5-6-8-22)11-12-24(21)13-18-35(33,34)31-16-14-28(15-17-31)27(32)29-26(30-28)25-9-3-2-4-10-25/h11-13,18-19,22,25H,2-10,14-17,20H2,1H3,(H,29,30,32)/b18-13+. The van der Waals surface area contributed by atoms with E-state index in [1.165, 1.54) is 60.2 Å². The molecule has 0 aromatic heterocycles. The Kier molecular flexibility index (Phi) is 7.18. The van der Waals surface area contributed by atoms with Crippen LogP contribution >= 0.6 is 0 Å². The van der Waals surface area contributed by atoms with E-state index in [2.05, 4.69) is 24.4 Å². The summed E-state index contributed by atoms with van der Waals surface area (Å²) in [5.74, 6) is 1.95. The number of hydrogen-bond acceptors (Lipinski definition) is 4. The molecule has 190 valence electrons. The maximum atomic E-state index is 13.1. The summed E-state index contributed by atoms with van der Waals surface area (Å²) in [5, 5.41) is 4.38. The van der Waals surface area contributed by atoms with Gasteiger partial charge in [0.2, 0.25) is 10.0 Å². The summed E-state index contributed by atoms with van der Waals surface area (Å²) in [6, 6.07) is 6.39. The van der Waals surface area contributed by atoms with E-state index in [1.54, 1.807) is 6.08 Å². The Morgan fingerprint density at radius 2 is 1.74 bits per heavy atom. The molecule has 1 amide bonds. The third-order valence-corrected chi connectivity index (χ3v) is 10.2. The molecule has 7 heteroatoms. The van der Waals surface area contributed by atoms with Gasteiger partial charge in [0.15, 0.2) is 0 Å². The molecule has 1 aromatic rings. The van der Waals surface area contributed by atoms with E-state index < -0.39 is 15.6 Å². The largest absolute Gasteiger partial charge is 0.312 e. The zero-order valence-electron chi connectivity index (χ0n) is 21.0. The molecule has 0 bridgehead atoms. The number of aryl methyl sites for hydroxylation is 1. The first-order valence-electron chi connectivity index (χ1n) is 13.5. The average Bonchev–Trinajstić information content (AvgIpc) is 3.47. The number of piperidine rings is 1. The molecule has 1 N–H and O–H groups in total. The topological polar surface area (TPSA) is 78.8 Å². The van der Waals surface area contributed by atoms with Crippen molar-refractivity contribution in [1.82, 2.24) is 9.62 Å². The van der Waals surface area contributed by atoms with Crippen LogP contribution in [0.15, 0.2) is 28.6 Å². The van der Waals surface area contributed by atoms with Gasteiger partial charge in [-0.05, 0) is 67.7 Å². The number of aliphatic imine (C=N–C) groups is 1. The number of benzene rings is 1. The van der Waals surface area contributed by atoms with Gasteiger partial charge in [-0.3, -0.25) is 9.79 Å². The highest BCUT2D eigenvalue weighted by atomic mass is 32.2. The number of carbonyl (C=O) groups excluding carboxylic acids is 1. The van der Waals surface area contributed by atoms with E-state index in [-0.39, 0.29) is 5.91 Å². The first kappa shape index (κ1) is 24.7. The minimum atomic E-state index is -3.55. The van der Waals surface area contributed by atoms with Gasteiger partial charge < -0.3 is 5.32 Å². The molecule has 2 saturated carbocycles. The number of sulfonamides is 1. The van der Waals surface area contributed by atoms with Crippen molar-refractivity contribution >= 4 is 27.8 Å². The molecule has 5 rings (SSSR count). The molecule has 3 fully saturated rings. The van der Waals surface area contributed by atoms with Crippen molar-refractivity contribution in [3.8, 4) is 0 Å². The monoisotopic (exact) mass is 497 g/mol. The molecule has 2 heterocycles.